The van der Waals surface area contributed by atoms with Gasteiger partial charge in [0.1, 0.15) is 6.54 Å². The van der Waals surface area contributed by atoms with Gasteiger partial charge >= 0.3 is 5.97 Å². The van der Waals surface area contributed by atoms with E-state index in [-0.39, 0.29) is 0 Å². The van der Waals surface area contributed by atoms with Crippen LogP contribution in [0.4, 0.5) is 0 Å². The highest BCUT2D eigenvalue weighted by Gasteiger charge is 2.09. The fourth-order valence-corrected chi connectivity index (χ4v) is 0.843. The van der Waals surface area contributed by atoms with Crippen molar-refractivity contribution in [2.24, 2.45) is 0 Å². The summed E-state index contributed by atoms with van der Waals surface area (Å²) >= 11 is 5.35. The molecule has 0 spiro atoms. The number of hydrogen-bond donors (Lipinski definition) is 2. The first-order valence-electron chi connectivity index (χ1n) is 3.18. The Morgan fingerprint density at radius 1 is 1.69 bits per heavy atom. The van der Waals surface area contributed by atoms with E-state index < -0.39 is 28.8 Å². The maximum Gasteiger partial charge on any atom is 0.325 e. The van der Waals surface area contributed by atoms with Crippen molar-refractivity contribution in [3.05, 3.63) is 21.6 Å². The number of aliphatic carboxylic acids is 1. The van der Waals surface area contributed by atoms with E-state index in [4.69, 9.17) is 21.8 Å². The van der Waals surface area contributed by atoms with Crippen LogP contribution in [-0.4, -0.2) is 26.0 Å². The van der Waals surface area contributed by atoms with Gasteiger partial charge in [-0.25, -0.2) is 4.68 Å². The molecule has 0 bridgehead atoms. The zero-order valence-corrected chi connectivity index (χ0v) is 7.02. The van der Waals surface area contributed by atoms with E-state index in [0.29, 0.717) is 4.68 Å². The van der Waals surface area contributed by atoms with Crippen molar-refractivity contribution >= 4 is 17.6 Å². The number of aromatic hydroxyl groups is 1. The van der Waals surface area contributed by atoms with Crippen LogP contribution in [0.1, 0.15) is 0 Å². The molecule has 6 nitrogen and oxygen atoms in total. The predicted octanol–water partition coefficient (Wildman–Crippen LogP) is -0.313. The van der Waals surface area contributed by atoms with Crippen molar-refractivity contribution in [3.63, 3.8) is 0 Å². The molecule has 0 saturated heterocycles. The van der Waals surface area contributed by atoms with E-state index in [1.165, 1.54) is 0 Å². The summed E-state index contributed by atoms with van der Waals surface area (Å²) in [6, 6.07) is 0. The van der Waals surface area contributed by atoms with Crippen LogP contribution in [-0.2, 0) is 11.3 Å². The molecule has 0 unspecified atom stereocenters. The molecule has 0 aliphatic rings. The molecule has 0 atom stereocenters. The number of aromatic nitrogens is 2. The average Bonchev–Trinajstić information content (AvgIpc) is 2.06. The molecule has 70 valence electrons. The summed E-state index contributed by atoms with van der Waals surface area (Å²) in [7, 11) is 0. The van der Waals surface area contributed by atoms with Crippen LogP contribution in [0.2, 0.25) is 5.02 Å². The highest BCUT2D eigenvalue weighted by molar-refractivity contribution is 6.31. The SMILES string of the molecule is O=C(O)Cn1ncc(O)c(Cl)c1=O. The summed E-state index contributed by atoms with van der Waals surface area (Å²) in [6.07, 6.45) is 0.909. The van der Waals surface area contributed by atoms with Gasteiger partial charge in [0.2, 0.25) is 0 Å². The number of carboxylic acids is 1. The summed E-state index contributed by atoms with van der Waals surface area (Å²) in [5.74, 6) is -1.68. The molecule has 0 saturated carbocycles. The topological polar surface area (TPSA) is 92.4 Å². The van der Waals surface area contributed by atoms with E-state index in [1.807, 2.05) is 0 Å². The van der Waals surface area contributed by atoms with Crippen molar-refractivity contribution in [1.29, 1.82) is 0 Å². The van der Waals surface area contributed by atoms with Crippen molar-refractivity contribution in [1.82, 2.24) is 9.78 Å². The molecular formula is C6H5ClN2O4. The van der Waals surface area contributed by atoms with Crippen LogP contribution in [0.3, 0.4) is 0 Å². The molecule has 7 heteroatoms. The molecule has 0 fully saturated rings. The summed E-state index contributed by atoms with van der Waals surface area (Å²) in [6.45, 7) is -0.584. The van der Waals surface area contributed by atoms with Crippen molar-refractivity contribution in [2.45, 2.75) is 6.54 Å². The molecule has 0 aliphatic carbocycles. The molecule has 2 N–H and O–H groups in total. The second-order valence-electron chi connectivity index (χ2n) is 2.20. The smallest absolute Gasteiger partial charge is 0.325 e. The third kappa shape index (κ3) is 1.97. The van der Waals surface area contributed by atoms with Gasteiger partial charge < -0.3 is 10.2 Å². The Morgan fingerprint density at radius 3 is 2.85 bits per heavy atom. The van der Waals surface area contributed by atoms with Crippen LogP contribution in [0.5, 0.6) is 5.75 Å². The molecule has 1 rings (SSSR count). The molecular weight excluding hydrogens is 200 g/mol. The first kappa shape index (κ1) is 9.53. The molecule has 1 heterocycles. The molecule has 0 amide bonds. The third-order valence-electron chi connectivity index (χ3n) is 1.25. The number of hydrogen-bond acceptors (Lipinski definition) is 4. The Labute approximate surface area is 77.0 Å². The van der Waals surface area contributed by atoms with Crippen LogP contribution >= 0.6 is 11.6 Å². The number of carbonyl (C=O) groups is 1. The number of carboxylic acid groups (broad SMARTS) is 1. The lowest BCUT2D eigenvalue weighted by molar-refractivity contribution is -0.138. The summed E-state index contributed by atoms with van der Waals surface area (Å²) in [5, 5.41) is 20.2. The maximum absolute atomic E-state index is 11.1. The van der Waals surface area contributed by atoms with Crippen LogP contribution in [0.15, 0.2) is 11.0 Å². The second kappa shape index (κ2) is 3.44. The highest BCUT2D eigenvalue weighted by atomic mass is 35.5. The van der Waals surface area contributed by atoms with Gasteiger partial charge in [0.05, 0.1) is 6.20 Å². The molecule has 13 heavy (non-hydrogen) atoms. The van der Waals surface area contributed by atoms with E-state index >= 15 is 0 Å². The van der Waals surface area contributed by atoms with Crippen LogP contribution in [0, 0.1) is 0 Å². The molecule has 0 aromatic carbocycles. The van der Waals surface area contributed by atoms with Crippen molar-refractivity contribution in [3.8, 4) is 5.75 Å². The molecule has 1 aromatic heterocycles. The Hall–Kier alpha value is -1.56. The third-order valence-corrected chi connectivity index (χ3v) is 1.61. The summed E-state index contributed by atoms with van der Waals surface area (Å²) in [5.41, 5.74) is -0.830. The second-order valence-corrected chi connectivity index (χ2v) is 2.58. The Bertz CT molecular complexity index is 400. The zero-order chi connectivity index (χ0) is 10.0. The minimum Gasteiger partial charge on any atom is -0.505 e. The highest BCUT2D eigenvalue weighted by Crippen LogP contribution is 2.14. The summed E-state index contributed by atoms with van der Waals surface area (Å²) < 4.78 is 0.643. The first-order chi connectivity index (χ1) is 6.02. The Morgan fingerprint density at radius 2 is 2.31 bits per heavy atom. The van der Waals surface area contributed by atoms with Crippen LogP contribution < -0.4 is 5.56 Å². The quantitative estimate of drug-likeness (QED) is 0.689. The standard InChI is InChI=1S/C6H5ClN2O4/c7-5-3(10)1-8-9(6(5)13)2-4(11)12/h1,10H,2H2,(H,11,12). The van der Waals surface area contributed by atoms with Crippen molar-refractivity contribution < 1.29 is 15.0 Å². The van der Waals surface area contributed by atoms with E-state index in [0.717, 1.165) is 6.20 Å². The normalized spacial score (nSPS) is 9.92. The van der Waals surface area contributed by atoms with E-state index in [1.54, 1.807) is 0 Å². The van der Waals surface area contributed by atoms with Gasteiger partial charge in [0.25, 0.3) is 5.56 Å². The number of rotatable bonds is 2. The van der Waals surface area contributed by atoms with E-state index in [9.17, 15) is 9.59 Å². The minimum atomic E-state index is -1.21. The lowest BCUT2D eigenvalue weighted by Crippen LogP contribution is -2.26. The summed E-state index contributed by atoms with van der Waals surface area (Å²) in [4.78, 5) is 21.3. The van der Waals surface area contributed by atoms with Gasteiger partial charge in [0.15, 0.2) is 10.8 Å². The molecule has 1 aromatic rings. The molecule has 0 aliphatic heterocycles. The van der Waals surface area contributed by atoms with Gasteiger partial charge in [-0.2, -0.15) is 5.10 Å². The Kier molecular flexibility index (Phi) is 2.52. The van der Waals surface area contributed by atoms with Gasteiger partial charge in [-0.1, -0.05) is 11.6 Å². The first-order valence-corrected chi connectivity index (χ1v) is 3.56. The average molecular weight is 205 g/mol. The number of nitrogens with zero attached hydrogens (tertiary/aromatic N) is 2. The lowest BCUT2D eigenvalue weighted by Gasteiger charge is -2.01. The van der Waals surface area contributed by atoms with Gasteiger partial charge in [-0.05, 0) is 0 Å². The largest absolute Gasteiger partial charge is 0.505 e. The zero-order valence-electron chi connectivity index (χ0n) is 6.27. The van der Waals surface area contributed by atoms with Crippen LogP contribution in [0.25, 0.3) is 0 Å². The van der Waals surface area contributed by atoms with Gasteiger partial charge in [0, 0.05) is 0 Å². The van der Waals surface area contributed by atoms with E-state index in [2.05, 4.69) is 5.10 Å². The fraction of sp³-hybridized carbons (Fsp3) is 0.167. The van der Waals surface area contributed by atoms with Crippen molar-refractivity contribution in [2.75, 3.05) is 0 Å². The van der Waals surface area contributed by atoms with Gasteiger partial charge in [-0.15, -0.1) is 0 Å². The minimum absolute atomic E-state index is 0.434. The fourth-order valence-electron chi connectivity index (χ4n) is 0.697. The van der Waals surface area contributed by atoms with Gasteiger partial charge in [-0.3, -0.25) is 9.59 Å². The number of halogens is 1. The maximum atomic E-state index is 11.1. The predicted molar refractivity (Wildman–Crippen MR) is 42.8 cm³/mol. The Balaban J connectivity index is 3.19. The monoisotopic (exact) mass is 204 g/mol. The lowest BCUT2D eigenvalue weighted by atomic mass is 10.5. The molecule has 0 radical (unpaired) electrons.